The molecule has 0 fully saturated rings. The van der Waals surface area contributed by atoms with Crippen LogP contribution in [0.4, 0.5) is 0 Å². The van der Waals surface area contributed by atoms with Gasteiger partial charge in [0.25, 0.3) is 10.0 Å². The van der Waals surface area contributed by atoms with Crippen LogP contribution in [0.15, 0.2) is 42.1 Å². The SMILES string of the molecule is CCNCc1ccc(S(=O)(=O)NCCn2ccnc2)nc1. The second-order valence-electron chi connectivity index (χ2n) is 4.48. The van der Waals surface area contributed by atoms with Crippen LogP contribution >= 0.6 is 0 Å². The van der Waals surface area contributed by atoms with Crippen LogP contribution in [-0.4, -0.2) is 36.0 Å². The Hall–Kier alpha value is -1.77. The highest BCUT2D eigenvalue weighted by Crippen LogP contribution is 2.06. The average molecular weight is 309 g/mol. The molecule has 0 unspecified atom stereocenters. The predicted octanol–water partition coefficient (Wildman–Crippen LogP) is 0.366. The molecule has 2 aromatic heterocycles. The van der Waals surface area contributed by atoms with Gasteiger partial charge in [-0.05, 0) is 18.2 Å². The summed E-state index contributed by atoms with van der Waals surface area (Å²) in [5.41, 5.74) is 0.953. The summed E-state index contributed by atoms with van der Waals surface area (Å²) in [5, 5.41) is 3.19. The minimum Gasteiger partial charge on any atom is -0.336 e. The molecule has 114 valence electrons. The van der Waals surface area contributed by atoms with Crippen molar-refractivity contribution in [3.05, 3.63) is 42.6 Å². The van der Waals surface area contributed by atoms with Crippen molar-refractivity contribution in [2.45, 2.75) is 25.0 Å². The monoisotopic (exact) mass is 309 g/mol. The van der Waals surface area contributed by atoms with Gasteiger partial charge in [-0.15, -0.1) is 0 Å². The van der Waals surface area contributed by atoms with Gasteiger partial charge in [-0.3, -0.25) is 0 Å². The van der Waals surface area contributed by atoms with Crippen molar-refractivity contribution in [3.8, 4) is 0 Å². The molecule has 0 aromatic carbocycles. The Balaban J connectivity index is 1.92. The van der Waals surface area contributed by atoms with Gasteiger partial charge in [0.2, 0.25) is 0 Å². The Morgan fingerprint density at radius 2 is 2.19 bits per heavy atom. The van der Waals surface area contributed by atoms with Crippen molar-refractivity contribution in [1.29, 1.82) is 0 Å². The molecular weight excluding hydrogens is 290 g/mol. The third-order valence-electron chi connectivity index (χ3n) is 2.87. The summed E-state index contributed by atoms with van der Waals surface area (Å²) in [5.74, 6) is 0. The van der Waals surface area contributed by atoms with E-state index < -0.39 is 10.0 Å². The van der Waals surface area contributed by atoms with Crippen LogP contribution in [0.2, 0.25) is 0 Å². The Bertz CT molecular complexity index is 638. The van der Waals surface area contributed by atoms with Crippen LogP contribution in [-0.2, 0) is 23.1 Å². The normalized spacial score (nSPS) is 11.7. The third kappa shape index (κ3) is 4.62. The van der Waals surface area contributed by atoms with Gasteiger partial charge in [0.15, 0.2) is 5.03 Å². The van der Waals surface area contributed by atoms with Crippen molar-refractivity contribution < 1.29 is 8.42 Å². The topological polar surface area (TPSA) is 88.9 Å². The molecular formula is C13H19N5O2S. The molecule has 2 rings (SSSR count). The fraction of sp³-hybridized carbons (Fsp3) is 0.385. The molecule has 7 nitrogen and oxygen atoms in total. The van der Waals surface area contributed by atoms with Gasteiger partial charge in [-0.1, -0.05) is 13.0 Å². The van der Waals surface area contributed by atoms with Gasteiger partial charge in [-0.2, -0.15) is 0 Å². The summed E-state index contributed by atoms with van der Waals surface area (Å²) < 4.78 is 28.5. The molecule has 0 bridgehead atoms. The Kier molecular flexibility index (Phi) is 5.43. The van der Waals surface area contributed by atoms with Gasteiger partial charge in [0, 0.05) is 38.2 Å². The van der Waals surface area contributed by atoms with Gasteiger partial charge in [-0.25, -0.2) is 23.1 Å². The van der Waals surface area contributed by atoms with Crippen LogP contribution in [0.25, 0.3) is 0 Å². The molecule has 8 heteroatoms. The maximum Gasteiger partial charge on any atom is 0.258 e. The van der Waals surface area contributed by atoms with E-state index in [-0.39, 0.29) is 5.03 Å². The molecule has 0 saturated heterocycles. The van der Waals surface area contributed by atoms with E-state index in [2.05, 4.69) is 20.0 Å². The minimum atomic E-state index is -3.57. The fourth-order valence-electron chi connectivity index (χ4n) is 1.75. The van der Waals surface area contributed by atoms with Crippen LogP contribution in [0.1, 0.15) is 12.5 Å². The summed E-state index contributed by atoms with van der Waals surface area (Å²) in [6, 6.07) is 3.28. The lowest BCUT2D eigenvalue weighted by atomic mass is 10.3. The molecule has 2 N–H and O–H groups in total. The standard InChI is InChI=1S/C13H19N5O2S/c1-2-14-9-12-3-4-13(16-10-12)21(19,20)17-6-8-18-7-5-15-11-18/h3-5,7,10-11,14,17H,2,6,8-9H2,1H3. The van der Waals surface area contributed by atoms with Crippen molar-refractivity contribution in [2.75, 3.05) is 13.1 Å². The van der Waals surface area contributed by atoms with Crippen LogP contribution in [0.5, 0.6) is 0 Å². The van der Waals surface area contributed by atoms with Crippen molar-refractivity contribution in [3.63, 3.8) is 0 Å². The van der Waals surface area contributed by atoms with Crippen LogP contribution in [0, 0.1) is 0 Å². The van der Waals surface area contributed by atoms with E-state index in [1.807, 2.05) is 6.92 Å². The van der Waals surface area contributed by atoms with Crippen molar-refractivity contribution in [1.82, 2.24) is 24.6 Å². The van der Waals surface area contributed by atoms with Gasteiger partial charge in [0.05, 0.1) is 6.33 Å². The number of sulfonamides is 1. The van der Waals surface area contributed by atoms with E-state index in [1.165, 1.54) is 6.07 Å². The average Bonchev–Trinajstić information content (AvgIpc) is 2.98. The lowest BCUT2D eigenvalue weighted by Gasteiger charge is -2.07. The zero-order valence-electron chi connectivity index (χ0n) is 11.9. The molecule has 0 saturated carbocycles. The molecule has 0 radical (unpaired) electrons. The lowest BCUT2D eigenvalue weighted by Crippen LogP contribution is -2.28. The number of hydrogen-bond donors (Lipinski definition) is 2. The van der Waals surface area contributed by atoms with E-state index in [4.69, 9.17) is 0 Å². The maximum absolute atomic E-state index is 12.1. The number of nitrogens with zero attached hydrogens (tertiary/aromatic N) is 3. The number of nitrogens with one attached hydrogen (secondary N) is 2. The summed E-state index contributed by atoms with van der Waals surface area (Å²) in [6.45, 7) is 4.36. The number of rotatable bonds is 8. The molecule has 0 amide bonds. The molecule has 21 heavy (non-hydrogen) atoms. The lowest BCUT2D eigenvalue weighted by molar-refractivity contribution is 0.569. The minimum absolute atomic E-state index is 0.0355. The fourth-order valence-corrected chi connectivity index (χ4v) is 2.69. The molecule has 2 heterocycles. The Morgan fingerprint density at radius 3 is 2.81 bits per heavy atom. The predicted molar refractivity (Wildman–Crippen MR) is 79.0 cm³/mol. The molecule has 0 spiro atoms. The molecule has 0 aliphatic carbocycles. The second kappa shape index (κ2) is 7.30. The second-order valence-corrected chi connectivity index (χ2v) is 6.20. The van der Waals surface area contributed by atoms with Gasteiger partial charge in [0.1, 0.15) is 0 Å². The number of imidazole rings is 1. The summed E-state index contributed by atoms with van der Waals surface area (Å²) in [6.07, 6.45) is 6.65. The molecule has 0 aliphatic heterocycles. The zero-order chi connectivity index (χ0) is 15.1. The van der Waals surface area contributed by atoms with Crippen molar-refractivity contribution in [2.24, 2.45) is 0 Å². The maximum atomic E-state index is 12.1. The molecule has 0 aliphatic rings. The van der Waals surface area contributed by atoms with E-state index >= 15 is 0 Å². The quantitative estimate of drug-likeness (QED) is 0.735. The van der Waals surface area contributed by atoms with E-state index in [9.17, 15) is 8.42 Å². The molecule has 0 atom stereocenters. The highest BCUT2D eigenvalue weighted by atomic mass is 32.2. The first-order valence-corrected chi connectivity index (χ1v) is 8.21. The summed E-state index contributed by atoms with van der Waals surface area (Å²) >= 11 is 0. The smallest absolute Gasteiger partial charge is 0.258 e. The van der Waals surface area contributed by atoms with E-state index in [0.717, 1.165) is 12.1 Å². The summed E-state index contributed by atoms with van der Waals surface area (Å²) in [4.78, 5) is 7.91. The number of hydrogen-bond acceptors (Lipinski definition) is 5. The number of pyridine rings is 1. The van der Waals surface area contributed by atoms with Crippen LogP contribution < -0.4 is 10.0 Å². The van der Waals surface area contributed by atoms with Gasteiger partial charge >= 0.3 is 0 Å². The van der Waals surface area contributed by atoms with E-state index in [1.54, 1.807) is 35.6 Å². The highest BCUT2D eigenvalue weighted by Gasteiger charge is 2.14. The first-order chi connectivity index (χ1) is 10.1. The first kappa shape index (κ1) is 15.6. The van der Waals surface area contributed by atoms with Gasteiger partial charge < -0.3 is 9.88 Å². The third-order valence-corrected chi connectivity index (χ3v) is 4.25. The van der Waals surface area contributed by atoms with Crippen LogP contribution in [0.3, 0.4) is 0 Å². The highest BCUT2D eigenvalue weighted by molar-refractivity contribution is 7.89. The summed E-state index contributed by atoms with van der Waals surface area (Å²) in [7, 11) is -3.57. The zero-order valence-corrected chi connectivity index (χ0v) is 12.7. The van der Waals surface area contributed by atoms with Crippen molar-refractivity contribution >= 4 is 10.0 Å². The Labute approximate surface area is 124 Å². The molecule has 2 aromatic rings. The number of aromatic nitrogens is 3. The first-order valence-electron chi connectivity index (χ1n) is 6.73. The largest absolute Gasteiger partial charge is 0.336 e. The van der Waals surface area contributed by atoms with E-state index in [0.29, 0.717) is 19.6 Å². The Morgan fingerprint density at radius 1 is 1.33 bits per heavy atom.